The molecule has 0 unspecified atom stereocenters. The quantitative estimate of drug-likeness (QED) is 0.853. The van der Waals surface area contributed by atoms with Gasteiger partial charge in [0.2, 0.25) is 5.91 Å². The predicted molar refractivity (Wildman–Crippen MR) is 86.9 cm³/mol. The van der Waals surface area contributed by atoms with E-state index in [1.54, 1.807) is 30.3 Å². The molecule has 0 aliphatic rings. The number of benzene rings is 2. The molecule has 2 aromatic carbocycles. The number of rotatable bonds is 6. The fraction of sp³-hybridized carbons (Fsp3) is 0.176. The van der Waals surface area contributed by atoms with E-state index in [2.05, 4.69) is 10.6 Å². The lowest BCUT2D eigenvalue weighted by molar-refractivity contribution is -0.120. The fourth-order valence-electron chi connectivity index (χ4n) is 1.99. The van der Waals surface area contributed by atoms with Crippen molar-refractivity contribution in [2.75, 3.05) is 13.1 Å². The van der Waals surface area contributed by atoms with Crippen molar-refractivity contribution in [2.24, 2.45) is 0 Å². The Morgan fingerprint density at radius 3 is 2.52 bits per heavy atom. The van der Waals surface area contributed by atoms with Crippen LogP contribution in [0.4, 0.5) is 4.39 Å². The van der Waals surface area contributed by atoms with Crippen molar-refractivity contribution in [3.05, 3.63) is 70.5 Å². The first-order valence-corrected chi connectivity index (χ1v) is 7.48. The van der Waals surface area contributed by atoms with Crippen molar-refractivity contribution >= 4 is 23.4 Å². The van der Waals surface area contributed by atoms with Crippen LogP contribution in [0.5, 0.6) is 0 Å². The van der Waals surface area contributed by atoms with Gasteiger partial charge in [-0.1, -0.05) is 29.8 Å². The molecule has 0 fully saturated rings. The van der Waals surface area contributed by atoms with Gasteiger partial charge in [-0.2, -0.15) is 0 Å². The Kier molecular flexibility index (Phi) is 6.11. The standard InChI is InChI=1S/C17H16ClFN2O2/c18-14-6-7-15(19)13(10-14)8-9-20-16(22)11-21-17(23)12-4-2-1-3-5-12/h1-7,10H,8-9,11H2,(H,20,22)(H,21,23). The summed E-state index contributed by atoms with van der Waals surface area (Å²) in [5.74, 6) is -1.01. The van der Waals surface area contributed by atoms with E-state index in [-0.39, 0.29) is 30.7 Å². The summed E-state index contributed by atoms with van der Waals surface area (Å²) in [6.07, 6.45) is 0.324. The summed E-state index contributed by atoms with van der Waals surface area (Å²) in [4.78, 5) is 23.4. The van der Waals surface area contributed by atoms with Gasteiger partial charge in [-0.3, -0.25) is 9.59 Å². The molecule has 0 atom stereocenters. The Hall–Kier alpha value is -2.40. The molecule has 0 aromatic heterocycles. The molecular weight excluding hydrogens is 319 g/mol. The Morgan fingerprint density at radius 1 is 1.04 bits per heavy atom. The van der Waals surface area contributed by atoms with E-state index < -0.39 is 0 Å². The first-order chi connectivity index (χ1) is 11.1. The van der Waals surface area contributed by atoms with Crippen molar-refractivity contribution in [3.63, 3.8) is 0 Å². The molecule has 2 N–H and O–H groups in total. The maximum absolute atomic E-state index is 13.5. The highest BCUT2D eigenvalue weighted by molar-refractivity contribution is 6.30. The maximum atomic E-state index is 13.5. The van der Waals surface area contributed by atoms with Gasteiger partial charge in [0.05, 0.1) is 6.54 Å². The number of halogens is 2. The monoisotopic (exact) mass is 334 g/mol. The maximum Gasteiger partial charge on any atom is 0.251 e. The average Bonchev–Trinajstić information content (AvgIpc) is 2.56. The second-order valence-corrected chi connectivity index (χ2v) is 5.32. The van der Waals surface area contributed by atoms with E-state index in [9.17, 15) is 14.0 Å². The summed E-state index contributed by atoms with van der Waals surface area (Å²) in [7, 11) is 0. The van der Waals surface area contributed by atoms with E-state index in [4.69, 9.17) is 11.6 Å². The van der Waals surface area contributed by atoms with Crippen LogP contribution in [0, 0.1) is 5.82 Å². The molecule has 0 bridgehead atoms. The molecule has 23 heavy (non-hydrogen) atoms. The predicted octanol–water partition coefficient (Wildman–Crippen LogP) is 2.57. The summed E-state index contributed by atoms with van der Waals surface area (Å²) < 4.78 is 13.5. The van der Waals surface area contributed by atoms with Crippen LogP contribution in [0.15, 0.2) is 48.5 Å². The second-order valence-electron chi connectivity index (χ2n) is 4.88. The van der Waals surface area contributed by atoms with Gasteiger partial charge in [-0.15, -0.1) is 0 Å². The molecule has 0 radical (unpaired) electrons. The normalized spacial score (nSPS) is 10.2. The second kappa shape index (κ2) is 8.29. The topological polar surface area (TPSA) is 58.2 Å². The molecule has 0 aliphatic carbocycles. The first-order valence-electron chi connectivity index (χ1n) is 7.10. The van der Waals surface area contributed by atoms with Gasteiger partial charge in [0, 0.05) is 17.1 Å². The molecule has 0 heterocycles. The number of nitrogens with one attached hydrogen (secondary N) is 2. The van der Waals surface area contributed by atoms with E-state index in [0.29, 0.717) is 22.6 Å². The van der Waals surface area contributed by atoms with Gasteiger partial charge in [0.1, 0.15) is 5.82 Å². The Bertz CT molecular complexity index is 692. The van der Waals surface area contributed by atoms with E-state index in [1.807, 2.05) is 0 Å². The molecule has 2 aromatic rings. The van der Waals surface area contributed by atoms with Crippen molar-refractivity contribution in [2.45, 2.75) is 6.42 Å². The molecule has 0 spiro atoms. The largest absolute Gasteiger partial charge is 0.354 e. The van der Waals surface area contributed by atoms with Crippen molar-refractivity contribution < 1.29 is 14.0 Å². The Labute approximate surface area is 138 Å². The van der Waals surface area contributed by atoms with E-state index >= 15 is 0 Å². The summed E-state index contributed by atoms with van der Waals surface area (Å²) in [6.45, 7) is 0.128. The molecule has 0 saturated carbocycles. The highest BCUT2D eigenvalue weighted by Crippen LogP contribution is 2.14. The third kappa shape index (κ3) is 5.38. The highest BCUT2D eigenvalue weighted by Gasteiger charge is 2.08. The minimum atomic E-state index is -0.360. The number of carbonyl (C=O) groups is 2. The van der Waals surface area contributed by atoms with Gasteiger partial charge >= 0.3 is 0 Å². The fourth-order valence-corrected chi connectivity index (χ4v) is 2.18. The van der Waals surface area contributed by atoms with Gasteiger partial charge in [-0.25, -0.2) is 4.39 Å². The summed E-state index contributed by atoms with van der Waals surface area (Å²) >= 11 is 5.80. The minimum Gasteiger partial charge on any atom is -0.354 e. The minimum absolute atomic E-state index is 0.133. The first kappa shape index (κ1) is 17.0. The van der Waals surface area contributed by atoms with Gasteiger partial charge in [-0.05, 0) is 42.3 Å². The number of carbonyl (C=O) groups excluding carboxylic acids is 2. The average molecular weight is 335 g/mol. The van der Waals surface area contributed by atoms with Crippen LogP contribution in [-0.2, 0) is 11.2 Å². The molecule has 4 nitrogen and oxygen atoms in total. The lowest BCUT2D eigenvalue weighted by atomic mass is 10.1. The van der Waals surface area contributed by atoms with Crippen LogP contribution in [-0.4, -0.2) is 24.9 Å². The van der Waals surface area contributed by atoms with E-state index in [0.717, 1.165) is 0 Å². The molecule has 0 saturated heterocycles. The van der Waals surface area contributed by atoms with Crippen LogP contribution in [0.1, 0.15) is 15.9 Å². The zero-order valence-electron chi connectivity index (χ0n) is 12.3. The highest BCUT2D eigenvalue weighted by atomic mass is 35.5. The van der Waals surface area contributed by atoms with Crippen LogP contribution in [0.25, 0.3) is 0 Å². The van der Waals surface area contributed by atoms with Crippen LogP contribution in [0.2, 0.25) is 5.02 Å². The Morgan fingerprint density at radius 2 is 1.78 bits per heavy atom. The summed E-state index contributed by atoms with van der Waals surface area (Å²) in [5.41, 5.74) is 0.924. The number of hydrogen-bond acceptors (Lipinski definition) is 2. The van der Waals surface area contributed by atoms with Crippen LogP contribution in [0.3, 0.4) is 0 Å². The molecule has 2 rings (SSSR count). The number of hydrogen-bond donors (Lipinski definition) is 2. The molecule has 120 valence electrons. The van der Waals surface area contributed by atoms with E-state index in [1.165, 1.54) is 18.2 Å². The zero-order valence-corrected chi connectivity index (χ0v) is 13.1. The van der Waals surface area contributed by atoms with Crippen molar-refractivity contribution in [3.8, 4) is 0 Å². The smallest absolute Gasteiger partial charge is 0.251 e. The number of amides is 2. The van der Waals surface area contributed by atoms with Gasteiger partial charge < -0.3 is 10.6 Å². The molecular formula is C17H16ClFN2O2. The molecule has 6 heteroatoms. The molecule has 2 amide bonds. The van der Waals surface area contributed by atoms with Gasteiger partial charge in [0.25, 0.3) is 5.91 Å². The summed E-state index contributed by atoms with van der Waals surface area (Å²) in [5, 5.41) is 5.59. The van der Waals surface area contributed by atoms with Crippen molar-refractivity contribution in [1.82, 2.24) is 10.6 Å². The molecule has 0 aliphatic heterocycles. The lowest BCUT2D eigenvalue weighted by Crippen LogP contribution is -2.37. The lowest BCUT2D eigenvalue weighted by Gasteiger charge is -2.08. The SMILES string of the molecule is O=C(CNC(=O)c1ccccc1)NCCc1cc(Cl)ccc1F. The third-order valence-electron chi connectivity index (χ3n) is 3.17. The van der Waals surface area contributed by atoms with Crippen LogP contribution >= 0.6 is 11.6 Å². The van der Waals surface area contributed by atoms with Gasteiger partial charge in [0.15, 0.2) is 0 Å². The Balaban J connectivity index is 1.73. The van der Waals surface area contributed by atoms with Crippen molar-refractivity contribution in [1.29, 1.82) is 0 Å². The summed E-state index contributed by atoms with van der Waals surface area (Å²) in [6, 6.07) is 12.9. The van der Waals surface area contributed by atoms with Crippen LogP contribution < -0.4 is 10.6 Å². The zero-order chi connectivity index (χ0) is 16.7. The third-order valence-corrected chi connectivity index (χ3v) is 3.40.